The van der Waals surface area contributed by atoms with Crippen LogP contribution in [0.15, 0.2) is 16.6 Å². The minimum absolute atomic E-state index is 0.208. The molecule has 0 saturated carbocycles. The van der Waals surface area contributed by atoms with Crippen LogP contribution in [0.5, 0.6) is 0 Å². The zero-order valence-electron chi connectivity index (χ0n) is 8.50. The molecule has 0 bridgehead atoms. The molecule has 1 aromatic heterocycles. The number of rotatable bonds is 2. The van der Waals surface area contributed by atoms with Gasteiger partial charge in [0.1, 0.15) is 5.60 Å². The van der Waals surface area contributed by atoms with Crippen molar-refractivity contribution in [1.29, 1.82) is 0 Å². The van der Waals surface area contributed by atoms with Crippen LogP contribution in [-0.4, -0.2) is 11.8 Å². The number of aryl methyl sites for hydroxylation is 1. The summed E-state index contributed by atoms with van der Waals surface area (Å²) in [4.78, 5) is 6.50. The Morgan fingerprint density at radius 1 is 1.46 bits per heavy atom. The lowest BCUT2D eigenvalue weighted by atomic mass is 10.2. The fourth-order valence-electron chi connectivity index (χ4n) is 0.770. The van der Waals surface area contributed by atoms with Gasteiger partial charge in [0.15, 0.2) is 0 Å². The van der Waals surface area contributed by atoms with Crippen LogP contribution in [0, 0.1) is 6.92 Å². The van der Waals surface area contributed by atoms with Crippen molar-refractivity contribution in [3.05, 3.63) is 21.9 Å². The first-order chi connectivity index (χ1) is 5.99. The molecular formula is C10H15NOS. The SMILES string of the molecule is Cc1sccc1/C=N/OC(C)(C)C. The number of hydrogen-bond donors (Lipinski definition) is 0. The number of hydrogen-bond acceptors (Lipinski definition) is 3. The van der Waals surface area contributed by atoms with Crippen LogP contribution < -0.4 is 0 Å². The van der Waals surface area contributed by atoms with E-state index in [1.807, 2.05) is 32.2 Å². The van der Waals surface area contributed by atoms with Crippen LogP contribution in [-0.2, 0) is 4.84 Å². The third-order valence-electron chi connectivity index (χ3n) is 1.42. The maximum Gasteiger partial charge on any atom is 0.129 e. The highest BCUT2D eigenvalue weighted by Gasteiger charge is 2.09. The lowest BCUT2D eigenvalue weighted by Gasteiger charge is -2.14. The van der Waals surface area contributed by atoms with Gasteiger partial charge >= 0.3 is 0 Å². The standard InChI is InChI=1S/C10H15NOS/c1-8-9(5-6-13-8)7-11-12-10(2,3)4/h5-7H,1-4H3/b11-7+. The molecule has 0 aliphatic heterocycles. The van der Waals surface area contributed by atoms with Gasteiger partial charge in [-0.15, -0.1) is 11.3 Å². The Hall–Kier alpha value is -0.830. The van der Waals surface area contributed by atoms with Crippen LogP contribution >= 0.6 is 11.3 Å². The largest absolute Gasteiger partial charge is 0.390 e. The van der Waals surface area contributed by atoms with E-state index >= 15 is 0 Å². The minimum Gasteiger partial charge on any atom is -0.390 e. The second kappa shape index (κ2) is 3.92. The van der Waals surface area contributed by atoms with E-state index in [9.17, 15) is 0 Å². The summed E-state index contributed by atoms with van der Waals surface area (Å²) in [5, 5.41) is 5.98. The van der Waals surface area contributed by atoms with Gasteiger partial charge in [-0.3, -0.25) is 0 Å². The zero-order valence-corrected chi connectivity index (χ0v) is 9.31. The molecule has 0 atom stereocenters. The first kappa shape index (κ1) is 10.3. The van der Waals surface area contributed by atoms with Crippen LogP contribution in [0.4, 0.5) is 0 Å². The molecule has 0 radical (unpaired) electrons. The molecule has 72 valence electrons. The lowest BCUT2D eigenvalue weighted by Crippen LogP contribution is -2.15. The monoisotopic (exact) mass is 197 g/mol. The van der Waals surface area contributed by atoms with Gasteiger partial charge in [0.25, 0.3) is 0 Å². The van der Waals surface area contributed by atoms with Gasteiger partial charge in [-0.1, -0.05) is 5.16 Å². The molecule has 0 aliphatic rings. The van der Waals surface area contributed by atoms with Crippen molar-refractivity contribution in [2.45, 2.75) is 33.3 Å². The molecular weight excluding hydrogens is 182 g/mol. The highest BCUT2D eigenvalue weighted by Crippen LogP contribution is 2.13. The molecule has 0 aromatic carbocycles. The topological polar surface area (TPSA) is 21.6 Å². The molecule has 0 amide bonds. The Balaban J connectivity index is 2.55. The normalized spacial score (nSPS) is 12.3. The highest BCUT2D eigenvalue weighted by atomic mass is 32.1. The van der Waals surface area contributed by atoms with E-state index in [2.05, 4.69) is 12.1 Å². The van der Waals surface area contributed by atoms with Crippen molar-refractivity contribution in [2.75, 3.05) is 0 Å². The van der Waals surface area contributed by atoms with Gasteiger partial charge < -0.3 is 4.84 Å². The molecule has 13 heavy (non-hydrogen) atoms. The van der Waals surface area contributed by atoms with Crippen molar-refractivity contribution in [3.63, 3.8) is 0 Å². The lowest BCUT2D eigenvalue weighted by molar-refractivity contribution is 0.00199. The second-order valence-corrected chi connectivity index (χ2v) is 4.99. The van der Waals surface area contributed by atoms with Crippen molar-refractivity contribution < 1.29 is 4.84 Å². The summed E-state index contributed by atoms with van der Waals surface area (Å²) in [5.41, 5.74) is 0.926. The van der Waals surface area contributed by atoms with Gasteiger partial charge in [0, 0.05) is 10.4 Å². The van der Waals surface area contributed by atoms with Gasteiger partial charge in [0.05, 0.1) is 6.21 Å². The van der Waals surface area contributed by atoms with E-state index in [-0.39, 0.29) is 5.60 Å². The summed E-state index contributed by atoms with van der Waals surface area (Å²) < 4.78 is 0. The quantitative estimate of drug-likeness (QED) is 0.527. The summed E-state index contributed by atoms with van der Waals surface area (Å²) in [7, 11) is 0. The van der Waals surface area contributed by atoms with Crippen molar-refractivity contribution >= 4 is 17.6 Å². The maximum absolute atomic E-state index is 5.23. The summed E-state index contributed by atoms with van der Waals surface area (Å²) in [6.07, 6.45) is 1.76. The van der Waals surface area contributed by atoms with Gasteiger partial charge in [0.2, 0.25) is 0 Å². The van der Waals surface area contributed by atoms with Crippen molar-refractivity contribution in [1.82, 2.24) is 0 Å². The van der Waals surface area contributed by atoms with Crippen LogP contribution in [0.2, 0.25) is 0 Å². The summed E-state index contributed by atoms with van der Waals surface area (Å²) >= 11 is 1.72. The van der Waals surface area contributed by atoms with E-state index in [1.165, 1.54) is 4.88 Å². The van der Waals surface area contributed by atoms with Gasteiger partial charge in [-0.05, 0) is 39.1 Å². The third kappa shape index (κ3) is 3.59. The summed E-state index contributed by atoms with van der Waals surface area (Å²) in [6.45, 7) is 8.00. The highest BCUT2D eigenvalue weighted by molar-refractivity contribution is 7.10. The predicted octanol–water partition coefficient (Wildman–Crippen LogP) is 3.21. The van der Waals surface area contributed by atoms with E-state index in [4.69, 9.17) is 4.84 Å². The molecule has 1 rings (SSSR count). The fraction of sp³-hybridized carbons (Fsp3) is 0.500. The average Bonchev–Trinajstić information content (AvgIpc) is 2.34. The van der Waals surface area contributed by atoms with E-state index in [0.29, 0.717) is 0 Å². The number of thiophene rings is 1. The Kier molecular flexibility index (Phi) is 3.09. The Labute approximate surface area is 83.2 Å². The Morgan fingerprint density at radius 3 is 2.62 bits per heavy atom. The maximum atomic E-state index is 5.23. The summed E-state index contributed by atoms with van der Waals surface area (Å²) in [6, 6.07) is 2.04. The number of nitrogens with zero attached hydrogens (tertiary/aromatic N) is 1. The molecule has 1 heterocycles. The Bertz CT molecular complexity index is 296. The van der Waals surface area contributed by atoms with Crippen molar-refractivity contribution in [2.24, 2.45) is 5.16 Å². The summed E-state index contributed by atoms with van der Waals surface area (Å²) in [5.74, 6) is 0. The van der Waals surface area contributed by atoms with Crippen LogP contribution in [0.1, 0.15) is 31.2 Å². The van der Waals surface area contributed by atoms with Gasteiger partial charge in [-0.25, -0.2) is 0 Å². The molecule has 0 N–H and O–H groups in total. The zero-order chi connectivity index (χ0) is 9.90. The third-order valence-corrected chi connectivity index (χ3v) is 2.28. The minimum atomic E-state index is -0.208. The molecule has 0 aliphatic carbocycles. The molecule has 0 unspecified atom stereocenters. The van der Waals surface area contributed by atoms with E-state index < -0.39 is 0 Å². The second-order valence-electron chi connectivity index (χ2n) is 3.87. The first-order valence-electron chi connectivity index (χ1n) is 4.25. The smallest absolute Gasteiger partial charge is 0.129 e. The Morgan fingerprint density at radius 2 is 2.15 bits per heavy atom. The average molecular weight is 197 g/mol. The fourth-order valence-corrected chi connectivity index (χ4v) is 1.45. The molecule has 0 saturated heterocycles. The molecule has 0 fully saturated rings. The van der Waals surface area contributed by atoms with Crippen LogP contribution in [0.25, 0.3) is 0 Å². The number of oxime groups is 1. The van der Waals surface area contributed by atoms with E-state index in [1.54, 1.807) is 17.6 Å². The van der Waals surface area contributed by atoms with E-state index in [0.717, 1.165) is 5.56 Å². The van der Waals surface area contributed by atoms with Crippen molar-refractivity contribution in [3.8, 4) is 0 Å². The molecule has 3 heteroatoms. The predicted molar refractivity (Wildman–Crippen MR) is 57.5 cm³/mol. The molecule has 1 aromatic rings. The van der Waals surface area contributed by atoms with Gasteiger partial charge in [-0.2, -0.15) is 0 Å². The molecule has 0 spiro atoms. The molecule has 2 nitrogen and oxygen atoms in total. The van der Waals surface area contributed by atoms with Crippen LogP contribution in [0.3, 0.4) is 0 Å². The first-order valence-corrected chi connectivity index (χ1v) is 5.13.